The fraction of sp³-hybridized carbons (Fsp3) is 0.467. The van der Waals surface area contributed by atoms with Crippen molar-refractivity contribution < 1.29 is 28.9 Å². The topological polar surface area (TPSA) is 94.1 Å². The lowest BCUT2D eigenvalue weighted by molar-refractivity contribution is -0.139. The molecule has 0 radical (unpaired) electrons. The summed E-state index contributed by atoms with van der Waals surface area (Å²) in [7, 11) is 4.35. The van der Waals surface area contributed by atoms with Crippen molar-refractivity contribution in [1.29, 1.82) is 0 Å². The summed E-state index contributed by atoms with van der Waals surface area (Å²) < 4.78 is 15.6. The van der Waals surface area contributed by atoms with Gasteiger partial charge in [-0.1, -0.05) is 0 Å². The van der Waals surface area contributed by atoms with Crippen LogP contribution in [0.15, 0.2) is 12.1 Å². The number of benzene rings is 1. The molecule has 1 rings (SSSR count). The lowest BCUT2D eigenvalue weighted by Gasteiger charge is -2.16. The fourth-order valence-electron chi connectivity index (χ4n) is 1.95. The number of aliphatic carboxylic acids is 1. The maximum absolute atomic E-state index is 12.3. The van der Waals surface area contributed by atoms with E-state index >= 15 is 0 Å². The zero-order valence-corrected chi connectivity index (χ0v) is 14.4. The SMILES string of the molecule is COc1cc(C(=O)N[C@@H](CCSC)C(=O)O)cc(OC)c1OC. The molecule has 0 saturated heterocycles. The van der Waals surface area contributed by atoms with Gasteiger partial charge in [-0.15, -0.1) is 0 Å². The minimum atomic E-state index is -1.07. The van der Waals surface area contributed by atoms with Crippen LogP contribution in [0.2, 0.25) is 0 Å². The fourth-order valence-corrected chi connectivity index (χ4v) is 2.42. The molecule has 0 saturated carbocycles. The summed E-state index contributed by atoms with van der Waals surface area (Å²) >= 11 is 1.52. The highest BCUT2D eigenvalue weighted by Crippen LogP contribution is 2.38. The first kappa shape index (κ1) is 19.0. The van der Waals surface area contributed by atoms with E-state index in [4.69, 9.17) is 14.2 Å². The van der Waals surface area contributed by atoms with Gasteiger partial charge < -0.3 is 24.6 Å². The molecule has 0 heterocycles. The third kappa shape index (κ3) is 4.95. The van der Waals surface area contributed by atoms with Gasteiger partial charge in [0.05, 0.1) is 21.3 Å². The zero-order valence-electron chi connectivity index (χ0n) is 13.5. The van der Waals surface area contributed by atoms with Crippen molar-refractivity contribution in [2.45, 2.75) is 12.5 Å². The lowest BCUT2D eigenvalue weighted by Crippen LogP contribution is -2.41. The number of carbonyl (C=O) groups is 2. The highest BCUT2D eigenvalue weighted by Gasteiger charge is 2.22. The number of methoxy groups -OCH3 is 3. The molecular formula is C15H21NO6S. The van der Waals surface area contributed by atoms with Crippen LogP contribution in [-0.2, 0) is 4.79 Å². The largest absolute Gasteiger partial charge is 0.493 e. The monoisotopic (exact) mass is 343 g/mol. The van der Waals surface area contributed by atoms with Crippen molar-refractivity contribution in [3.63, 3.8) is 0 Å². The molecule has 8 heteroatoms. The summed E-state index contributed by atoms with van der Waals surface area (Å²) in [5, 5.41) is 11.7. The molecule has 0 bridgehead atoms. The van der Waals surface area contributed by atoms with E-state index in [0.717, 1.165) is 0 Å². The van der Waals surface area contributed by atoms with Crippen molar-refractivity contribution in [2.75, 3.05) is 33.3 Å². The molecule has 0 aliphatic heterocycles. The van der Waals surface area contributed by atoms with Gasteiger partial charge in [-0.25, -0.2) is 4.79 Å². The zero-order chi connectivity index (χ0) is 17.4. The molecule has 23 heavy (non-hydrogen) atoms. The molecule has 0 aliphatic carbocycles. The molecule has 128 valence electrons. The second-order valence-electron chi connectivity index (χ2n) is 4.56. The van der Waals surface area contributed by atoms with Crippen LogP contribution in [0, 0.1) is 0 Å². The van der Waals surface area contributed by atoms with Gasteiger partial charge in [0, 0.05) is 5.56 Å². The molecule has 1 aromatic rings. The lowest BCUT2D eigenvalue weighted by atomic mass is 10.1. The number of carboxylic acid groups (broad SMARTS) is 1. The molecule has 0 unspecified atom stereocenters. The van der Waals surface area contributed by atoms with Crippen LogP contribution in [0.5, 0.6) is 17.2 Å². The second kappa shape index (κ2) is 9.14. The Morgan fingerprint density at radius 2 is 1.74 bits per heavy atom. The molecule has 0 aromatic heterocycles. The van der Waals surface area contributed by atoms with E-state index in [9.17, 15) is 14.7 Å². The molecule has 1 aromatic carbocycles. The van der Waals surface area contributed by atoms with E-state index in [2.05, 4.69) is 5.32 Å². The molecule has 0 fully saturated rings. The summed E-state index contributed by atoms with van der Waals surface area (Å²) in [6.07, 6.45) is 2.21. The summed E-state index contributed by atoms with van der Waals surface area (Å²) in [5.41, 5.74) is 0.231. The van der Waals surface area contributed by atoms with Crippen molar-refractivity contribution in [3.05, 3.63) is 17.7 Å². The van der Waals surface area contributed by atoms with Gasteiger partial charge in [-0.3, -0.25) is 4.79 Å². The molecule has 2 N–H and O–H groups in total. The average Bonchev–Trinajstić information content (AvgIpc) is 2.56. The summed E-state index contributed by atoms with van der Waals surface area (Å²) in [4.78, 5) is 23.6. The Morgan fingerprint density at radius 1 is 1.17 bits per heavy atom. The number of carbonyl (C=O) groups excluding carboxylic acids is 1. The summed E-state index contributed by atoms with van der Waals surface area (Å²) in [6.45, 7) is 0. The van der Waals surface area contributed by atoms with Crippen LogP contribution in [0.3, 0.4) is 0 Å². The normalized spacial score (nSPS) is 11.5. The number of nitrogens with one attached hydrogen (secondary N) is 1. The van der Waals surface area contributed by atoms with Crippen molar-refractivity contribution >= 4 is 23.6 Å². The smallest absolute Gasteiger partial charge is 0.326 e. The van der Waals surface area contributed by atoms with E-state index in [1.54, 1.807) is 0 Å². The van der Waals surface area contributed by atoms with E-state index in [-0.39, 0.29) is 5.56 Å². The summed E-state index contributed by atoms with van der Waals surface area (Å²) in [6, 6.07) is 2.00. The summed E-state index contributed by atoms with van der Waals surface area (Å²) in [5.74, 6) is 0.0641. The van der Waals surface area contributed by atoms with Crippen LogP contribution >= 0.6 is 11.8 Å². The van der Waals surface area contributed by atoms with Gasteiger partial charge in [-0.05, 0) is 30.6 Å². The average molecular weight is 343 g/mol. The third-order valence-corrected chi connectivity index (χ3v) is 3.78. The predicted molar refractivity (Wildman–Crippen MR) is 88.0 cm³/mol. The highest BCUT2D eigenvalue weighted by atomic mass is 32.2. The first-order chi connectivity index (χ1) is 11.0. The number of rotatable bonds is 9. The van der Waals surface area contributed by atoms with Gasteiger partial charge in [0.25, 0.3) is 5.91 Å². The minimum absolute atomic E-state index is 0.231. The maximum Gasteiger partial charge on any atom is 0.326 e. The van der Waals surface area contributed by atoms with Gasteiger partial charge in [-0.2, -0.15) is 11.8 Å². The van der Waals surface area contributed by atoms with Crippen LogP contribution in [0.25, 0.3) is 0 Å². The maximum atomic E-state index is 12.3. The highest BCUT2D eigenvalue weighted by molar-refractivity contribution is 7.98. The van der Waals surface area contributed by atoms with Gasteiger partial charge >= 0.3 is 5.97 Å². The first-order valence-electron chi connectivity index (χ1n) is 6.81. The number of hydrogen-bond donors (Lipinski definition) is 2. The Morgan fingerprint density at radius 3 is 2.13 bits per heavy atom. The predicted octanol–water partition coefficient (Wildman–Crippen LogP) is 1.65. The quantitative estimate of drug-likeness (QED) is 0.704. The van der Waals surface area contributed by atoms with Gasteiger partial charge in [0.2, 0.25) is 5.75 Å². The van der Waals surface area contributed by atoms with Crippen LogP contribution in [0.4, 0.5) is 0 Å². The van der Waals surface area contributed by atoms with E-state index in [1.807, 2.05) is 6.26 Å². The minimum Gasteiger partial charge on any atom is -0.493 e. The van der Waals surface area contributed by atoms with E-state index < -0.39 is 17.9 Å². The molecule has 7 nitrogen and oxygen atoms in total. The van der Waals surface area contributed by atoms with E-state index in [1.165, 1.54) is 45.2 Å². The molecule has 1 amide bonds. The number of hydrogen-bond acceptors (Lipinski definition) is 6. The molecular weight excluding hydrogens is 322 g/mol. The van der Waals surface area contributed by atoms with Crippen LogP contribution < -0.4 is 19.5 Å². The Kier molecular flexibility index (Phi) is 7.53. The number of amides is 1. The number of thioether (sulfide) groups is 1. The Balaban J connectivity index is 3.04. The molecule has 0 spiro atoms. The van der Waals surface area contributed by atoms with Crippen molar-refractivity contribution in [1.82, 2.24) is 5.32 Å². The number of ether oxygens (including phenoxy) is 3. The first-order valence-corrected chi connectivity index (χ1v) is 8.20. The Bertz CT molecular complexity index is 538. The molecule has 1 atom stereocenters. The molecule has 0 aliphatic rings. The third-order valence-electron chi connectivity index (χ3n) is 3.14. The Labute approximate surface area is 139 Å². The number of carboxylic acids is 1. The van der Waals surface area contributed by atoms with Crippen molar-refractivity contribution in [2.24, 2.45) is 0 Å². The van der Waals surface area contributed by atoms with E-state index in [0.29, 0.717) is 29.4 Å². The standard InChI is InChI=1S/C15H21NO6S/c1-20-11-7-9(8-12(21-2)13(11)22-3)14(17)16-10(15(18)19)5-6-23-4/h7-8,10H,5-6H2,1-4H3,(H,16,17)(H,18,19)/t10-/m0/s1. The van der Waals surface area contributed by atoms with Crippen LogP contribution in [0.1, 0.15) is 16.8 Å². The van der Waals surface area contributed by atoms with Gasteiger partial charge in [0.15, 0.2) is 11.5 Å². The van der Waals surface area contributed by atoms with Crippen LogP contribution in [-0.4, -0.2) is 56.4 Å². The second-order valence-corrected chi connectivity index (χ2v) is 5.55. The van der Waals surface area contributed by atoms with Gasteiger partial charge in [0.1, 0.15) is 6.04 Å². The Hall–Kier alpha value is -2.09. The van der Waals surface area contributed by atoms with Crippen molar-refractivity contribution in [3.8, 4) is 17.2 Å².